The number of rotatable bonds is 8. The Labute approximate surface area is 229 Å². The molecule has 4 aromatic carbocycles. The average molecular weight is 541 g/mol. The van der Waals surface area contributed by atoms with Gasteiger partial charge in [0.05, 0.1) is 19.9 Å². The van der Waals surface area contributed by atoms with E-state index in [4.69, 9.17) is 9.47 Å². The minimum Gasteiger partial charge on any atom is -0.497 e. The average Bonchev–Trinajstić information content (AvgIpc) is 3.01. The highest BCUT2D eigenvalue weighted by molar-refractivity contribution is 7.79. The van der Waals surface area contributed by atoms with Gasteiger partial charge in [0.25, 0.3) is 0 Å². The molecule has 0 spiro atoms. The summed E-state index contributed by atoms with van der Waals surface area (Å²) in [6.07, 6.45) is 2.20. The molecule has 2 atom stereocenters. The van der Waals surface area contributed by atoms with Crippen molar-refractivity contribution >= 4 is 23.5 Å². The Balaban J connectivity index is 1.58. The summed E-state index contributed by atoms with van der Waals surface area (Å²) in [4.78, 5) is 14.1. The van der Waals surface area contributed by atoms with Gasteiger partial charge in [-0.3, -0.25) is 4.79 Å². The Morgan fingerprint density at radius 2 is 1.26 bits per heavy atom. The van der Waals surface area contributed by atoms with Gasteiger partial charge >= 0.3 is 0 Å². The lowest BCUT2D eigenvalue weighted by Gasteiger charge is -2.43. The van der Waals surface area contributed by atoms with Gasteiger partial charge in [-0.25, -0.2) is 0 Å². The fourth-order valence-electron chi connectivity index (χ4n) is 5.70. The second-order valence-corrected chi connectivity index (χ2v) is 13.0. The lowest BCUT2D eigenvalue weighted by atomic mass is 9.79. The van der Waals surface area contributed by atoms with E-state index in [0.717, 1.165) is 17.5 Å². The minimum absolute atomic E-state index is 0.257. The molecule has 1 N–H and O–H groups in total. The molecule has 0 heterocycles. The number of aliphatic hydroxyl groups is 1. The van der Waals surface area contributed by atoms with E-state index in [9.17, 15) is 9.90 Å². The molecule has 4 aromatic rings. The molecule has 0 aromatic heterocycles. The first kappa shape index (κ1) is 26.9. The van der Waals surface area contributed by atoms with Gasteiger partial charge in [0.15, 0.2) is 5.78 Å². The van der Waals surface area contributed by atoms with E-state index >= 15 is 4.57 Å². The molecule has 0 bridgehead atoms. The van der Waals surface area contributed by atoms with Gasteiger partial charge in [0.1, 0.15) is 24.2 Å². The summed E-state index contributed by atoms with van der Waals surface area (Å²) in [5.41, 5.74) is -0.0975. The highest BCUT2D eigenvalue weighted by Crippen LogP contribution is 2.57. The number of carbonyl (C=O) groups is 1. The highest BCUT2D eigenvalue weighted by atomic mass is 31.2. The van der Waals surface area contributed by atoms with E-state index in [2.05, 4.69) is 0 Å². The molecule has 0 amide bonds. The van der Waals surface area contributed by atoms with Gasteiger partial charge in [0, 0.05) is 16.2 Å². The molecule has 1 aliphatic carbocycles. The molecule has 0 radical (unpaired) electrons. The van der Waals surface area contributed by atoms with Crippen LogP contribution in [-0.2, 0) is 4.57 Å². The number of ketones is 1. The van der Waals surface area contributed by atoms with E-state index in [1.165, 1.54) is 0 Å². The summed E-state index contributed by atoms with van der Waals surface area (Å²) in [7, 11) is -0.329. The largest absolute Gasteiger partial charge is 0.497 e. The van der Waals surface area contributed by atoms with E-state index in [-0.39, 0.29) is 12.2 Å². The zero-order valence-electron chi connectivity index (χ0n) is 22.2. The summed E-state index contributed by atoms with van der Waals surface area (Å²) >= 11 is 0. The predicted molar refractivity (Wildman–Crippen MR) is 156 cm³/mol. The Morgan fingerprint density at radius 1 is 0.744 bits per heavy atom. The van der Waals surface area contributed by atoms with Gasteiger partial charge in [-0.1, -0.05) is 67.4 Å². The SMILES string of the molecule is COc1ccc(P(=O)(c2ccc(OC)cc2)C2CCCCC2(O)C(=O)c2ccc(-c3ccccc3)cc2)cc1. The number of hydrogen-bond donors (Lipinski definition) is 1. The molecule has 0 saturated heterocycles. The van der Waals surface area contributed by atoms with E-state index in [1.807, 2.05) is 42.5 Å². The van der Waals surface area contributed by atoms with E-state index < -0.39 is 18.4 Å². The number of ether oxygens (including phenoxy) is 2. The van der Waals surface area contributed by atoms with Crippen molar-refractivity contribution < 1.29 is 23.9 Å². The first-order valence-corrected chi connectivity index (χ1v) is 15.0. The first-order valence-electron chi connectivity index (χ1n) is 13.2. The summed E-state index contributed by atoms with van der Waals surface area (Å²) in [6, 6.07) is 31.5. The molecule has 1 aliphatic rings. The van der Waals surface area contributed by atoms with Crippen LogP contribution < -0.4 is 20.1 Å². The molecule has 5 nitrogen and oxygen atoms in total. The number of carbonyl (C=O) groups excluding carboxylic acids is 1. The molecular formula is C33H33O5P. The summed E-state index contributed by atoms with van der Waals surface area (Å²) in [5.74, 6) is 0.913. The van der Waals surface area contributed by atoms with Crippen LogP contribution in [0.1, 0.15) is 36.0 Å². The lowest BCUT2D eigenvalue weighted by molar-refractivity contribution is 0.0140. The third-order valence-electron chi connectivity index (χ3n) is 7.84. The van der Waals surface area contributed by atoms with Crippen molar-refractivity contribution in [2.75, 3.05) is 14.2 Å². The molecular weight excluding hydrogens is 507 g/mol. The zero-order valence-corrected chi connectivity index (χ0v) is 23.1. The van der Waals surface area contributed by atoms with E-state index in [1.54, 1.807) is 74.9 Å². The number of Topliss-reactive ketones (excluding diaryl/α,β-unsaturated/α-hetero) is 1. The molecule has 6 heteroatoms. The Bertz CT molecular complexity index is 1410. The standard InChI is InChI=1S/C33H33O5P/c1-37-27-15-19-29(20-16-27)39(36,30-21-17-28(38-2)18-22-30)31-10-6-7-23-33(31,35)32(34)26-13-11-25(12-14-26)24-8-4-3-5-9-24/h3-5,8-9,11-22,31,35H,6-7,10,23H2,1-2H3. The van der Waals surface area contributed by atoms with Crippen molar-refractivity contribution in [3.8, 4) is 22.6 Å². The molecule has 39 heavy (non-hydrogen) atoms. The van der Waals surface area contributed by atoms with Crippen LogP contribution in [-0.4, -0.2) is 36.4 Å². The van der Waals surface area contributed by atoms with Crippen molar-refractivity contribution in [2.45, 2.75) is 36.9 Å². The van der Waals surface area contributed by atoms with Crippen molar-refractivity contribution in [1.29, 1.82) is 0 Å². The molecule has 0 aliphatic heterocycles. The van der Waals surface area contributed by atoms with Crippen LogP contribution in [0.5, 0.6) is 11.5 Å². The van der Waals surface area contributed by atoms with Gasteiger partial charge in [-0.2, -0.15) is 0 Å². The Morgan fingerprint density at radius 3 is 1.77 bits per heavy atom. The molecule has 5 rings (SSSR count). The predicted octanol–water partition coefficient (Wildman–Crippen LogP) is 6.24. The van der Waals surface area contributed by atoms with Crippen molar-refractivity contribution in [3.63, 3.8) is 0 Å². The Kier molecular flexibility index (Phi) is 7.74. The smallest absolute Gasteiger partial charge is 0.195 e. The van der Waals surface area contributed by atoms with Crippen LogP contribution >= 0.6 is 7.14 Å². The van der Waals surface area contributed by atoms with Crippen molar-refractivity contribution in [3.05, 3.63) is 109 Å². The van der Waals surface area contributed by atoms with Crippen LogP contribution in [0.15, 0.2) is 103 Å². The highest BCUT2D eigenvalue weighted by Gasteiger charge is 2.54. The monoisotopic (exact) mass is 540 g/mol. The summed E-state index contributed by atoms with van der Waals surface area (Å²) < 4.78 is 26.0. The van der Waals surface area contributed by atoms with Crippen LogP contribution in [0.25, 0.3) is 11.1 Å². The van der Waals surface area contributed by atoms with Crippen molar-refractivity contribution in [1.82, 2.24) is 0 Å². The zero-order chi connectivity index (χ0) is 27.5. The third-order valence-corrected chi connectivity index (χ3v) is 11.5. The summed E-state index contributed by atoms with van der Waals surface area (Å²) in [6.45, 7) is 0. The second-order valence-electron chi connectivity index (χ2n) is 10.0. The van der Waals surface area contributed by atoms with Gasteiger partial charge in [-0.05, 0) is 72.5 Å². The number of methoxy groups -OCH3 is 2. The molecule has 1 saturated carbocycles. The van der Waals surface area contributed by atoms with Crippen molar-refractivity contribution in [2.24, 2.45) is 0 Å². The molecule has 2 unspecified atom stereocenters. The fraction of sp³-hybridized carbons (Fsp3) is 0.242. The van der Waals surface area contributed by atoms with Crippen LogP contribution in [0.2, 0.25) is 0 Å². The number of hydrogen-bond acceptors (Lipinski definition) is 5. The quantitative estimate of drug-likeness (QED) is 0.212. The van der Waals surface area contributed by atoms with Gasteiger partial charge in [-0.15, -0.1) is 0 Å². The minimum atomic E-state index is -3.50. The van der Waals surface area contributed by atoms with E-state index in [0.29, 0.717) is 40.5 Å². The first-order chi connectivity index (χ1) is 18.9. The maximum Gasteiger partial charge on any atom is 0.195 e. The second kappa shape index (κ2) is 11.2. The normalized spacial score (nSPS) is 19.3. The maximum absolute atomic E-state index is 15.4. The van der Waals surface area contributed by atoms with Crippen LogP contribution in [0, 0.1) is 0 Å². The van der Waals surface area contributed by atoms with Crippen LogP contribution in [0.4, 0.5) is 0 Å². The fourth-order valence-corrected chi connectivity index (χ4v) is 9.29. The van der Waals surface area contributed by atoms with Gasteiger partial charge < -0.3 is 19.1 Å². The maximum atomic E-state index is 15.4. The number of benzene rings is 4. The Hall–Kier alpha value is -3.66. The lowest BCUT2D eigenvalue weighted by Crippen LogP contribution is -2.53. The topological polar surface area (TPSA) is 72.8 Å². The van der Waals surface area contributed by atoms with Crippen LogP contribution in [0.3, 0.4) is 0 Å². The van der Waals surface area contributed by atoms with Gasteiger partial charge in [0.2, 0.25) is 0 Å². The molecule has 200 valence electrons. The third kappa shape index (κ3) is 5.05. The molecule has 1 fully saturated rings. The summed E-state index contributed by atoms with van der Waals surface area (Å²) in [5, 5.41) is 13.4.